The van der Waals surface area contributed by atoms with Gasteiger partial charge >= 0.3 is 0 Å². The smallest absolute Gasteiger partial charge is 0.251 e. The highest BCUT2D eigenvalue weighted by molar-refractivity contribution is 6.02. The van der Waals surface area contributed by atoms with Crippen LogP contribution >= 0.6 is 0 Å². The average Bonchev–Trinajstić information content (AvgIpc) is 1.74. The number of nitrogens with two attached hydrogens (primary N) is 7. The number of guanidine groups is 3. The molecule has 34 N–H and O–H groups in total. The summed E-state index contributed by atoms with van der Waals surface area (Å²) in [7, 11) is 0. The van der Waals surface area contributed by atoms with Gasteiger partial charge in [-0.05, 0) is 142 Å². The number of primary amides is 3. The van der Waals surface area contributed by atoms with Crippen LogP contribution in [0.4, 0.5) is 0 Å². The molecule has 1 aliphatic heterocycles. The maximum Gasteiger partial charge on any atom is 0.251 e. The summed E-state index contributed by atoms with van der Waals surface area (Å²) in [5, 5.41) is 90.2. The van der Waals surface area contributed by atoms with Gasteiger partial charge in [-0.1, -0.05) is 90.8 Å². The number of carbonyl (C=O) groups is 15. The van der Waals surface area contributed by atoms with Crippen LogP contribution in [0.15, 0.2) is 72.8 Å². The second-order valence-corrected chi connectivity index (χ2v) is 30.9. The number of aromatic hydroxyl groups is 2. The number of phenols is 2. The van der Waals surface area contributed by atoms with Crippen LogP contribution in [-0.2, 0) is 86.5 Å². The average molecular weight is 1730 g/mol. The van der Waals surface area contributed by atoms with E-state index in [0.717, 1.165) is 12.5 Å². The topological polar surface area (TPSA) is 742 Å². The lowest BCUT2D eigenvalue weighted by Crippen LogP contribution is -2.63. The number of carbonyl (C=O) groups excluding carboxylic acids is 15. The fourth-order valence-corrected chi connectivity index (χ4v) is 13.2. The number of benzene rings is 3. The van der Waals surface area contributed by atoms with Crippen molar-refractivity contribution in [1.82, 2.24) is 79.3 Å². The monoisotopic (exact) mass is 1720 g/mol. The van der Waals surface area contributed by atoms with Crippen LogP contribution in [0.3, 0.4) is 0 Å². The standard InChI is InChI=1S/C80H125N25O18/c1-8-42(5)62(102-72(118)57(38-46-22-28-50(108)29-23-46)100-73(119)59-17-13-35-105(59)77(123)54(16-12-34-93-80(89)90)97-66(112)48-24-18-47(40-81)19-25-48)74(120)101-58(39-61(83)110)70(116)99-56(36-41(3)4)71(117)103-63(43(6)9-2)75(121)104-64(44(7)106)76(122)96-52(15-11-33-92-79(87)88)67(113)95-53(30-31-60(82)109)69(115)94-51(14-10-32-91-78(85)86)68(114)98-55(65(84)111)37-45-20-26-49(107)27-21-45/h18-29,41-44,51-59,62-64,106-108H,8-17,30-40,81H2,1-7H3,(H2,82,109)(H2,83,110)(H2,84,111)(H,94,115)(H,95,113)(H,96,122)(H,97,112)(H,98,114)(H,99,116)(H,100,119)(H,101,120)(H,102,118)(H,103,117)(H,104,121)(H4,85,86,91)(H4,87,88,92)(H4,89,90,93)/t42-,43-,44+,51-,52-,53-,54-,55-,56-,57-,58-,59-,62-,63-,64-/m0/s1. The van der Waals surface area contributed by atoms with Gasteiger partial charge in [0.2, 0.25) is 82.7 Å². The van der Waals surface area contributed by atoms with E-state index in [4.69, 9.17) is 56.4 Å². The molecule has 3 aromatic carbocycles. The molecule has 0 bridgehead atoms. The fourth-order valence-electron chi connectivity index (χ4n) is 13.2. The van der Waals surface area contributed by atoms with Crippen LogP contribution in [0.2, 0.25) is 0 Å². The van der Waals surface area contributed by atoms with E-state index < -0.39 is 216 Å². The number of likely N-dealkylation sites (tertiary alicyclic amines) is 1. The minimum absolute atomic E-state index is 0.0220. The molecule has 3 aromatic rings. The van der Waals surface area contributed by atoms with Gasteiger partial charge < -0.3 is 135 Å². The van der Waals surface area contributed by atoms with E-state index in [-0.39, 0.29) is 133 Å². The number of aliphatic hydroxyl groups excluding tert-OH is 1. The second-order valence-electron chi connectivity index (χ2n) is 30.9. The van der Waals surface area contributed by atoms with Gasteiger partial charge in [-0.15, -0.1) is 0 Å². The zero-order chi connectivity index (χ0) is 91.9. The summed E-state index contributed by atoms with van der Waals surface area (Å²) in [4.78, 5) is 213. The molecule has 43 nitrogen and oxygen atoms in total. The van der Waals surface area contributed by atoms with E-state index in [0.29, 0.717) is 17.5 Å². The van der Waals surface area contributed by atoms with E-state index in [1.807, 2.05) is 0 Å². The van der Waals surface area contributed by atoms with Gasteiger partial charge in [-0.25, -0.2) is 0 Å². The number of hydrogen-bond donors (Lipinski definition) is 27. The summed E-state index contributed by atoms with van der Waals surface area (Å²) in [5.41, 5.74) is 41.0. The van der Waals surface area contributed by atoms with Crippen molar-refractivity contribution in [2.24, 2.45) is 57.9 Å². The predicted molar refractivity (Wildman–Crippen MR) is 452 cm³/mol. The van der Waals surface area contributed by atoms with E-state index in [9.17, 15) is 87.2 Å². The highest BCUT2D eigenvalue weighted by Crippen LogP contribution is 2.23. The molecule has 1 saturated heterocycles. The quantitative estimate of drug-likeness (QED) is 0.0143. The van der Waals surface area contributed by atoms with Crippen LogP contribution in [0.25, 0.3) is 0 Å². The van der Waals surface area contributed by atoms with Crippen LogP contribution in [0, 0.1) is 34.0 Å². The number of hydrogen-bond acceptors (Lipinski definition) is 22. The summed E-state index contributed by atoms with van der Waals surface area (Å²) in [6.07, 6.45) is -3.48. The van der Waals surface area contributed by atoms with Crippen molar-refractivity contribution in [3.05, 3.63) is 95.1 Å². The van der Waals surface area contributed by atoms with Gasteiger partial charge in [0.1, 0.15) is 84.0 Å². The molecule has 678 valence electrons. The Morgan fingerprint density at radius 2 is 0.821 bits per heavy atom. The van der Waals surface area contributed by atoms with Crippen LogP contribution < -0.4 is 115 Å². The molecule has 15 amide bonds. The van der Waals surface area contributed by atoms with Crippen molar-refractivity contribution in [2.45, 2.75) is 236 Å². The van der Waals surface area contributed by atoms with Crippen LogP contribution in [0.5, 0.6) is 11.5 Å². The van der Waals surface area contributed by atoms with Crippen molar-refractivity contribution in [3.63, 3.8) is 0 Å². The molecular formula is C80H125N25O18. The SMILES string of the molecule is CC[C@H](C)[C@H](NC(=O)[C@H](Cc1ccc(O)cc1)NC(=O)[C@@H]1CCCN1C(=O)[C@H](CCCNC(=N)N)NC(=O)c1ccc(CN)cc1)C(=O)N[C@@H](CC(N)=O)C(=O)N[C@@H](CC(C)C)C(=O)N[C@H](C(=O)N[C@H](C(=O)N[C@@H](CCCNC(=N)N)C(=O)N[C@@H](CCC(N)=O)C(=O)N[C@@H](CCCNC(=N)N)C(=O)N[C@@H](Cc1ccc(O)cc1)C(N)=O)[C@@H](C)O)[C@@H](C)CC. The fraction of sp³-hybridized carbons (Fsp3) is 0.550. The molecule has 0 saturated carbocycles. The summed E-state index contributed by atoms with van der Waals surface area (Å²) in [6.45, 7) is 11.4. The summed E-state index contributed by atoms with van der Waals surface area (Å²) in [6, 6.07) is -0.754. The van der Waals surface area contributed by atoms with Gasteiger partial charge in [-0.2, -0.15) is 0 Å². The Hall–Kier alpha value is -13.0. The Bertz CT molecular complexity index is 4140. The van der Waals surface area contributed by atoms with Crippen LogP contribution in [0.1, 0.15) is 165 Å². The molecule has 1 aliphatic rings. The van der Waals surface area contributed by atoms with E-state index in [1.165, 1.54) is 53.4 Å². The van der Waals surface area contributed by atoms with Gasteiger partial charge in [0, 0.05) is 57.5 Å². The zero-order valence-electron chi connectivity index (χ0n) is 70.5. The van der Waals surface area contributed by atoms with Gasteiger partial charge in [-0.3, -0.25) is 88.1 Å². The maximum atomic E-state index is 14.9. The summed E-state index contributed by atoms with van der Waals surface area (Å²) < 4.78 is 0. The normalized spacial score (nSPS) is 15.7. The van der Waals surface area contributed by atoms with Gasteiger partial charge in [0.05, 0.1) is 12.5 Å². The molecule has 1 fully saturated rings. The van der Waals surface area contributed by atoms with Crippen molar-refractivity contribution in [3.8, 4) is 11.5 Å². The number of nitrogens with zero attached hydrogens (tertiary/aromatic N) is 1. The highest BCUT2D eigenvalue weighted by atomic mass is 16.3. The van der Waals surface area contributed by atoms with Crippen molar-refractivity contribution in [2.75, 3.05) is 26.2 Å². The van der Waals surface area contributed by atoms with Gasteiger partial charge in [0.25, 0.3) is 5.91 Å². The third kappa shape index (κ3) is 35.7. The largest absolute Gasteiger partial charge is 0.508 e. The Morgan fingerprint density at radius 3 is 1.25 bits per heavy atom. The van der Waals surface area contributed by atoms with Crippen molar-refractivity contribution >= 4 is 106 Å². The first-order valence-electron chi connectivity index (χ1n) is 40.8. The number of rotatable bonds is 53. The van der Waals surface area contributed by atoms with Gasteiger partial charge in [0.15, 0.2) is 17.9 Å². The molecule has 123 heavy (non-hydrogen) atoms. The molecular weight excluding hydrogens is 1600 g/mol. The first-order chi connectivity index (χ1) is 58.1. The molecule has 0 aliphatic carbocycles. The third-order valence-corrected chi connectivity index (χ3v) is 20.5. The van der Waals surface area contributed by atoms with E-state index in [1.54, 1.807) is 65.8 Å². The van der Waals surface area contributed by atoms with Crippen LogP contribution in [-0.4, -0.2) is 231 Å². The maximum absolute atomic E-state index is 14.9. The number of phenolic OH excluding ortho intramolecular Hbond substituents is 2. The number of aliphatic hydroxyl groups is 1. The molecule has 0 spiro atoms. The summed E-state index contributed by atoms with van der Waals surface area (Å²) in [5.74, 6) is -17.7. The Kier molecular flexibility index (Phi) is 43.0. The molecule has 0 aromatic heterocycles. The lowest BCUT2D eigenvalue weighted by atomic mass is 9.95. The number of nitrogens with one attached hydrogen (secondary N) is 17. The lowest BCUT2D eigenvalue weighted by Gasteiger charge is -2.31. The molecule has 15 atom stereocenters. The molecule has 0 unspecified atom stereocenters. The molecule has 43 heteroatoms. The highest BCUT2D eigenvalue weighted by Gasteiger charge is 2.42. The Balaban J connectivity index is 1.61. The lowest BCUT2D eigenvalue weighted by molar-refractivity contribution is -0.141. The zero-order valence-corrected chi connectivity index (χ0v) is 70.5. The Morgan fingerprint density at radius 1 is 0.439 bits per heavy atom. The minimum Gasteiger partial charge on any atom is -0.508 e. The van der Waals surface area contributed by atoms with E-state index >= 15 is 0 Å². The second kappa shape index (κ2) is 51.6. The van der Waals surface area contributed by atoms with Crippen molar-refractivity contribution < 1.29 is 87.2 Å². The predicted octanol–water partition coefficient (Wildman–Crippen LogP) is -5.09. The molecule has 0 radical (unpaired) electrons. The third-order valence-electron chi connectivity index (χ3n) is 20.5. The van der Waals surface area contributed by atoms with E-state index in [2.05, 4.69) is 74.4 Å². The molecule has 4 rings (SSSR count). The Labute approximate surface area is 713 Å². The minimum atomic E-state index is -1.93. The van der Waals surface area contributed by atoms with Crippen molar-refractivity contribution in [1.29, 1.82) is 16.2 Å². The molecule has 1 heterocycles. The first-order valence-corrected chi connectivity index (χ1v) is 40.8. The first kappa shape index (κ1) is 102. The number of amides is 15. The summed E-state index contributed by atoms with van der Waals surface area (Å²) >= 11 is 0.